The van der Waals surface area contributed by atoms with Crippen LogP contribution in [0.15, 0.2) is 40.8 Å². The minimum absolute atomic E-state index is 0.119. The van der Waals surface area contributed by atoms with Gasteiger partial charge in [-0.2, -0.15) is 0 Å². The number of hydrogen-bond acceptors (Lipinski definition) is 4. The molecule has 120 valence electrons. The molecular formula is C17H13N3O4. The van der Waals surface area contributed by atoms with Gasteiger partial charge in [-0.1, -0.05) is 36.4 Å². The van der Waals surface area contributed by atoms with E-state index in [9.17, 15) is 14.4 Å². The third-order valence-corrected chi connectivity index (χ3v) is 4.06. The van der Waals surface area contributed by atoms with Crippen LogP contribution in [0.2, 0.25) is 0 Å². The number of imide groups is 1. The van der Waals surface area contributed by atoms with Gasteiger partial charge in [0.15, 0.2) is 5.76 Å². The van der Waals surface area contributed by atoms with Crippen molar-refractivity contribution in [2.45, 2.75) is 6.92 Å². The topological polar surface area (TPSA) is 91.7 Å². The summed E-state index contributed by atoms with van der Waals surface area (Å²) in [5.74, 6) is -0.918. The quantitative estimate of drug-likeness (QED) is 0.706. The van der Waals surface area contributed by atoms with Crippen molar-refractivity contribution in [2.75, 3.05) is 6.54 Å². The fourth-order valence-electron chi connectivity index (χ4n) is 2.87. The van der Waals surface area contributed by atoms with Gasteiger partial charge < -0.3 is 4.42 Å². The lowest BCUT2D eigenvalue weighted by atomic mass is 10.1. The second-order valence-corrected chi connectivity index (χ2v) is 5.60. The van der Waals surface area contributed by atoms with Crippen LogP contribution < -0.4 is 10.7 Å². The zero-order chi connectivity index (χ0) is 16.8. The summed E-state index contributed by atoms with van der Waals surface area (Å²) < 4.78 is 5.79. The molecule has 0 aliphatic carbocycles. The van der Waals surface area contributed by atoms with Crippen LogP contribution in [-0.2, 0) is 4.79 Å². The third kappa shape index (κ3) is 2.10. The molecule has 0 radical (unpaired) electrons. The number of amides is 4. The average molecular weight is 323 g/mol. The summed E-state index contributed by atoms with van der Waals surface area (Å²) in [6.07, 6.45) is 0. The highest BCUT2D eigenvalue weighted by molar-refractivity contribution is 6.09. The molecule has 2 N–H and O–H groups in total. The molecule has 0 atom stereocenters. The Balaban J connectivity index is 1.75. The lowest BCUT2D eigenvalue weighted by molar-refractivity contribution is -0.118. The number of rotatable bonds is 2. The number of nitrogens with zero attached hydrogens (tertiary/aromatic N) is 1. The molecule has 3 aromatic rings. The van der Waals surface area contributed by atoms with E-state index in [1.807, 2.05) is 36.4 Å². The van der Waals surface area contributed by atoms with E-state index in [2.05, 4.69) is 10.7 Å². The number of fused-ring (bicyclic) bond motifs is 3. The van der Waals surface area contributed by atoms with Gasteiger partial charge in [0.1, 0.15) is 12.1 Å². The van der Waals surface area contributed by atoms with E-state index in [1.54, 1.807) is 6.92 Å². The molecule has 7 nitrogen and oxygen atoms in total. The largest absolute Gasteiger partial charge is 0.450 e. The third-order valence-electron chi connectivity index (χ3n) is 4.06. The molecule has 1 aliphatic heterocycles. The number of hydrazine groups is 1. The highest BCUT2D eigenvalue weighted by atomic mass is 16.3. The van der Waals surface area contributed by atoms with Gasteiger partial charge in [0.2, 0.25) is 5.91 Å². The number of nitrogens with one attached hydrogen (secondary N) is 2. The van der Waals surface area contributed by atoms with Crippen molar-refractivity contribution in [3.63, 3.8) is 0 Å². The van der Waals surface area contributed by atoms with Crippen LogP contribution in [0.1, 0.15) is 16.1 Å². The summed E-state index contributed by atoms with van der Waals surface area (Å²) in [6, 6.07) is 10.9. The Morgan fingerprint density at radius 1 is 1.17 bits per heavy atom. The van der Waals surface area contributed by atoms with Crippen molar-refractivity contribution in [3.05, 3.63) is 47.7 Å². The summed E-state index contributed by atoms with van der Waals surface area (Å²) in [7, 11) is 0. The van der Waals surface area contributed by atoms with E-state index in [0.717, 1.165) is 21.2 Å². The van der Waals surface area contributed by atoms with Crippen LogP contribution in [0, 0.1) is 6.92 Å². The Bertz CT molecular complexity index is 1020. The van der Waals surface area contributed by atoms with Gasteiger partial charge >= 0.3 is 11.9 Å². The molecule has 0 saturated carbocycles. The monoisotopic (exact) mass is 323 g/mol. The maximum absolute atomic E-state index is 12.4. The molecule has 1 fully saturated rings. The maximum Gasteiger partial charge on any atom is 0.343 e. The summed E-state index contributed by atoms with van der Waals surface area (Å²) in [6.45, 7) is 1.57. The zero-order valence-corrected chi connectivity index (χ0v) is 12.8. The number of furan rings is 1. The first-order valence-corrected chi connectivity index (χ1v) is 7.38. The van der Waals surface area contributed by atoms with Gasteiger partial charge in [0.05, 0.1) is 0 Å². The molecule has 0 bridgehead atoms. The Hall–Kier alpha value is -3.35. The number of benzene rings is 2. The van der Waals surface area contributed by atoms with E-state index >= 15 is 0 Å². The molecule has 0 spiro atoms. The smallest absolute Gasteiger partial charge is 0.343 e. The predicted molar refractivity (Wildman–Crippen MR) is 86.2 cm³/mol. The Morgan fingerprint density at radius 3 is 2.71 bits per heavy atom. The van der Waals surface area contributed by atoms with Crippen molar-refractivity contribution >= 4 is 39.6 Å². The molecule has 1 aliphatic rings. The number of hydrogen-bond donors (Lipinski definition) is 2. The number of aryl methyl sites for hydroxylation is 1. The molecule has 1 saturated heterocycles. The van der Waals surface area contributed by atoms with Crippen molar-refractivity contribution in [2.24, 2.45) is 0 Å². The SMILES string of the molecule is Cc1c(C(=O)NN2CC(=O)NC2=O)oc2c1ccc1ccccc12. The summed E-state index contributed by atoms with van der Waals surface area (Å²) >= 11 is 0. The van der Waals surface area contributed by atoms with Crippen LogP contribution in [0.3, 0.4) is 0 Å². The van der Waals surface area contributed by atoms with Crippen LogP contribution in [0.4, 0.5) is 4.79 Å². The fourth-order valence-corrected chi connectivity index (χ4v) is 2.87. The first-order valence-electron chi connectivity index (χ1n) is 7.38. The summed E-state index contributed by atoms with van der Waals surface area (Å²) in [4.78, 5) is 35.2. The molecular weight excluding hydrogens is 310 g/mol. The van der Waals surface area contributed by atoms with Gasteiger partial charge in [-0.05, 0) is 12.3 Å². The minimum Gasteiger partial charge on any atom is -0.450 e. The fraction of sp³-hybridized carbons (Fsp3) is 0.118. The molecule has 4 rings (SSSR count). The summed E-state index contributed by atoms with van der Waals surface area (Å²) in [5, 5.41) is 5.77. The lowest BCUT2D eigenvalue weighted by Gasteiger charge is -2.13. The van der Waals surface area contributed by atoms with Gasteiger partial charge in [-0.25, -0.2) is 9.80 Å². The molecule has 24 heavy (non-hydrogen) atoms. The number of carbonyl (C=O) groups is 3. The van der Waals surface area contributed by atoms with Crippen molar-refractivity contribution in [1.82, 2.24) is 15.8 Å². The first-order chi connectivity index (χ1) is 11.5. The standard InChI is InChI=1S/C17H13N3O4/c1-9-11-7-6-10-4-2-3-5-12(10)15(11)24-14(9)16(22)19-20-8-13(21)18-17(20)23/h2-7H,8H2,1H3,(H,19,22)(H,18,21,23). The highest BCUT2D eigenvalue weighted by Gasteiger charge is 2.30. The first kappa shape index (κ1) is 14.3. The van der Waals surface area contributed by atoms with Crippen molar-refractivity contribution in [3.8, 4) is 0 Å². The van der Waals surface area contributed by atoms with E-state index in [1.165, 1.54) is 0 Å². The molecule has 7 heteroatoms. The van der Waals surface area contributed by atoms with E-state index in [-0.39, 0.29) is 12.3 Å². The van der Waals surface area contributed by atoms with E-state index < -0.39 is 17.8 Å². The molecule has 0 unspecified atom stereocenters. The van der Waals surface area contributed by atoms with Crippen LogP contribution in [-0.4, -0.2) is 29.4 Å². The Kier molecular flexibility index (Phi) is 3.02. The maximum atomic E-state index is 12.4. The highest BCUT2D eigenvalue weighted by Crippen LogP contribution is 2.31. The van der Waals surface area contributed by atoms with E-state index in [4.69, 9.17) is 4.42 Å². The van der Waals surface area contributed by atoms with Gasteiger partial charge in [0, 0.05) is 16.3 Å². The zero-order valence-electron chi connectivity index (χ0n) is 12.8. The van der Waals surface area contributed by atoms with Crippen molar-refractivity contribution < 1.29 is 18.8 Å². The average Bonchev–Trinajstić information content (AvgIpc) is 3.07. The molecule has 4 amide bonds. The predicted octanol–water partition coefficient (Wildman–Crippen LogP) is 2.09. The molecule has 2 aromatic carbocycles. The molecule has 1 aromatic heterocycles. The van der Waals surface area contributed by atoms with Crippen molar-refractivity contribution in [1.29, 1.82) is 0 Å². The second-order valence-electron chi connectivity index (χ2n) is 5.60. The van der Waals surface area contributed by atoms with Gasteiger partial charge in [-0.3, -0.25) is 20.3 Å². The van der Waals surface area contributed by atoms with Crippen LogP contribution in [0.5, 0.6) is 0 Å². The molecule has 2 heterocycles. The Morgan fingerprint density at radius 2 is 1.96 bits per heavy atom. The summed E-state index contributed by atoms with van der Waals surface area (Å²) in [5.41, 5.74) is 3.70. The number of urea groups is 1. The lowest BCUT2D eigenvalue weighted by Crippen LogP contribution is -2.44. The normalized spacial score (nSPS) is 14.5. The van der Waals surface area contributed by atoms with Crippen LogP contribution >= 0.6 is 0 Å². The van der Waals surface area contributed by atoms with Crippen LogP contribution in [0.25, 0.3) is 21.7 Å². The number of carbonyl (C=O) groups excluding carboxylic acids is 3. The van der Waals surface area contributed by atoms with E-state index in [0.29, 0.717) is 11.1 Å². The van der Waals surface area contributed by atoms with Gasteiger partial charge in [0.25, 0.3) is 0 Å². The van der Waals surface area contributed by atoms with Gasteiger partial charge in [-0.15, -0.1) is 0 Å². The minimum atomic E-state index is -0.660. The second kappa shape index (κ2) is 5.09. The Labute approximate surface area is 136 Å².